The van der Waals surface area contributed by atoms with E-state index in [9.17, 15) is 0 Å². The van der Waals surface area contributed by atoms with Gasteiger partial charge in [0.15, 0.2) is 11.6 Å². The van der Waals surface area contributed by atoms with Gasteiger partial charge in [-0.3, -0.25) is 4.57 Å². The molecule has 4 heterocycles. The summed E-state index contributed by atoms with van der Waals surface area (Å²) >= 11 is 1.75. The lowest BCUT2D eigenvalue weighted by Gasteiger charge is -2.16. The number of aromatic nitrogens is 6. The third kappa shape index (κ3) is 5.57. The number of rotatable bonds is 6. The Hall–Kier alpha value is -8.26. The van der Waals surface area contributed by atoms with Gasteiger partial charge in [-0.15, -0.1) is 11.3 Å². The van der Waals surface area contributed by atoms with E-state index in [1.807, 2.05) is 42.5 Å². The summed E-state index contributed by atoms with van der Waals surface area (Å²) in [6, 6.07) is 72.7. The molecule has 0 aliphatic rings. The molecule has 6 nitrogen and oxygen atoms in total. The first-order valence-electron chi connectivity index (χ1n) is 21.1. The van der Waals surface area contributed by atoms with Gasteiger partial charge in [0.25, 0.3) is 0 Å². The topological polar surface area (TPSA) is 61.4 Å². The van der Waals surface area contributed by atoms with E-state index in [2.05, 4.69) is 173 Å². The highest BCUT2D eigenvalue weighted by Crippen LogP contribution is 2.45. The van der Waals surface area contributed by atoms with Crippen molar-refractivity contribution in [2.24, 2.45) is 0 Å². The van der Waals surface area contributed by atoms with Crippen LogP contribution in [0.3, 0.4) is 0 Å². The van der Waals surface area contributed by atoms with Crippen LogP contribution in [0.2, 0.25) is 0 Å². The Morgan fingerprint density at radius 1 is 0.333 bits per heavy atom. The van der Waals surface area contributed by atoms with E-state index in [-0.39, 0.29) is 0 Å². The van der Waals surface area contributed by atoms with Crippen LogP contribution in [0, 0.1) is 0 Å². The van der Waals surface area contributed by atoms with Gasteiger partial charge < -0.3 is 4.57 Å². The van der Waals surface area contributed by atoms with Gasteiger partial charge in [0.2, 0.25) is 5.95 Å². The van der Waals surface area contributed by atoms with Crippen LogP contribution in [0.1, 0.15) is 0 Å². The summed E-state index contributed by atoms with van der Waals surface area (Å²) in [5.41, 5.74) is 11.7. The summed E-state index contributed by atoms with van der Waals surface area (Å²) < 4.78 is 5.90. The molecule has 0 N–H and O–H groups in total. The first kappa shape index (κ1) is 35.5. The zero-order valence-corrected chi connectivity index (χ0v) is 34.5. The molecule has 13 aromatic rings. The van der Waals surface area contributed by atoms with Crippen molar-refractivity contribution in [2.45, 2.75) is 0 Å². The summed E-state index contributed by atoms with van der Waals surface area (Å²) in [6.45, 7) is 0. The number of thiazole rings is 1. The molecule has 0 aliphatic heterocycles. The molecule has 0 amide bonds. The Balaban J connectivity index is 1.12. The van der Waals surface area contributed by atoms with Crippen LogP contribution >= 0.6 is 11.3 Å². The first-order chi connectivity index (χ1) is 31.3. The maximum atomic E-state index is 5.30. The van der Waals surface area contributed by atoms with Gasteiger partial charge >= 0.3 is 0 Å². The van der Waals surface area contributed by atoms with Crippen molar-refractivity contribution in [3.63, 3.8) is 0 Å². The molecule has 9 aromatic carbocycles. The normalized spacial score (nSPS) is 11.8. The van der Waals surface area contributed by atoms with Gasteiger partial charge in [-0.2, -0.15) is 9.97 Å². The van der Waals surface area contributed by atoms with Crippen LogP contribution in [0.25, 0.3) is 121 Å². The second kappa shape index (κ2) is 14.2. The highest BCUT2D eigenvalue weighted by atomic mass is 32.1. The zero-order chi connectivity index (χ0) is 41.4. The van der Waals surface area contributed by atoms with E-state index in [1.165, 1.54) is 26.6 Å². The van der Waals surface area contributed by atoms with E-state index in [0.717, 1.165) is 76.5 Å². The van der Waals surface area contributed by atoms with E-state index < -0.39 is 0 Å². The van der Waals surface area contributed by atoms with Crippen molar-refractivity contribution in [2.75, 3.05) is 0 Å². The lowest BCUT2D eigenvalue weighted by Crippen LogP contribution is -2.07. The lowest BCUT2D eigenvalue weighted by molar-refractivity contribution is 0.953. The van der Waals surface area contributed by atoms with Crippen LogP contribution in [-0.2, 0) is 0 Å². The quantitative estimate of drug-likeness (QED) is 0.168. The fraction of sp³-hybridized carbons (Fsp3) is 0. The Morgan fingerprint density at radius 2 is 0.857 bits per heavy atom. The molecule has 0 bridgehead atoms. The Bertz CT molecular complexity index is 3850. The van der Waals surface area contributed by atoms with Crippen molar-refractivity contribution in [1.82, 2.24) is 29.1 Å². The number of para-hydroxylation sites is 2. The maximum Gasteiger partial charge on any atom is 0.238 e. The van der Waals surface area contributed by atoms with Crippen LogP contribution in [0.5, 0.6) is 0 Å². The largest absolute Gasteiger partial charge is 0.307 e. The van der Waals surface area contributed by atoms with Gasteiger partial charge in [-0.1, -0.05) is 182 Å². The van der Waals surface area contributed by atoms with Gasteiger partial charge in [0, 0.05) is 49.2 Å². The maximum absolute atomic E-state index is 5.30. The SMILES string of the molecule is c1ccc(-c2nc(-c3ccccc3)nc(-n3c4ccccc4c4ccc5c6ccccc6n(-c6ccc(-c7cccc8nc(-c9ccccc9)sc78)c7ccccc67)c5c43)n2)cc1. The molecule has 294 valence electrons. The molecule has 0 radical (unpaired) electrons. The van der Waals surface area contributed by atoms with Crippen LogP contribution in [-0.4, -0.2) is 29.1 Å². The Kier molecular flexibility index (Phi) is 7.98. The standard InChI is InChI=1S/C56H34N6S/c1-4-17-35(18-5-1)53-58-54(36-19-6-2-7-20-36)60-56(59-53)62-48-30-15-13-26-42(48)44-32-31-43-41-25-12-14-29-47(41)61(50(43)51(44)62)49-34-33-39(38-23-10-11-24-40(38)49)45-27-16-28-46-52(45)63-55(57-46)37-21-8-3-9-22-37/h1-34H. The average molecular weight is 823 g/mol. The molecule has 13 rings (SSSR count). The van der Waals surface area contributed by atoms with E-state index in [4.69, 9.17) is 19.9 Å². The molecular formula is C56H34N6S. The van der Waals surface area contributed by atoms with Gasteiger partial charge in [0.1, 0.15) is 5.01 Å². The van der Waals surface area contributed by atoms with Crippen LogP contribution in [0.4, 0.5) is 0 Å². The molecule has 0 fully saturated rings. The third-order valence-electron chi connectivity index (χ3n) is 12.2. The van der Waals surface area contributed by atoms with Gasteiger partial charge in [-0.25, -0.2) is 9.97 Å². The van der Waals surface area contributed by atoms with E-state index in [1.54, 1.807) is 11.3 Å². The molecule has 0 saturated carbocycles. The molecule has 63 heavy (non-hydrogen) atoms. The fourth-order valence-corrected chi connectivity index (χ4v) is 10.5. The highest BCUT2D eigenvalue weighted by Gasteiger charge is 2.25. The number of hydrogen-bond donors (Lipinski definition) is 0. The Labute approximate surface area is 365 Å². The summed E-state index contributed by atoms with van der Waals surface area (Å²) in [7, 11) is 0. The summed E-state index contributed by atoms with van der Waals surface area (Å²) in [5, 5.41) is 7.92. The lowest BCUT2D eigenvalue weighted by atomic mass is 9.96. The number of benzene rings is 9. The molecule has 7 heteroatoms. The molecular weight excluding hydrogens is 789 g/mol. The monoisotopic (exact) mass is 822 g/mol. The van der Waals surface area contributed by atoms with Crippen molar-refractivity contribution in [1.29, 1.82) is 0 Å². The number of hydrogen-bond acceptors (Lipinski definition) is 5. The smallest absolute Gasteiger partial charge is 0.238 e. The van der Waals surface area contributed by atoms with Crippen LogP contribution in [0.15, 0.2) is 206 Å². The van der Waals surface area contributed by atoms with E-state index >= 15 is 0 Å². The van der Waals surface area contributed by atoms with Gasteiger partial charge in [0.05, 0.1) is 38.0 Å². The summed E-state index contributed by atoms with van der Waals surface area (Å²) in [6.07, 6.45) is 0. The Morgan fingerprint density at radius 3 is 1.49 bits per heavy atom. The first-order valence-corrected chi connectivity index (χ1v) is 21.9. The van der Waals surface area contributed by atoms with Crippen molar-refractivity contribution in [3.05, 3.63) is 206 Å². The summed E-state index contributed by atoms with van der Waals surface area (Å²) in [4.78, 5) is 20.8. The summed E-state index contributed by atoms with van der Waals surface area (Å²) in [5.74, 6) is 1.80. The second-order valence-corrected chi connectivity index (χ2v) is 16.8. The molecule has 0 unspecified atom stereocenters. The highest BCUT2D eigenvalue weighted by molar-refractivity contribution is 7.22. The van der Waals surface area contributed by atoms with Gasteiger partial charge in [-0.05, 0) is 35.2 Å². The molecule has 0 aliphatic carbocycles. The number of fused-ring (bicyclic) bond motifs is 9. The van der Waals surface area contributed by atoms with Crippen molar-refractivity contribution < 1.29 is 0 Å². The minimum atomic E-state index is 0.561. The molecule has 4 aromatic heterocycles. The minimum absolute atomic E-state index is 0.561. The molecule has 0 spiro atoms. The minimum Gasteiger partial charge on any atom is -0.307 e. The predicted octanol–water partition coefficient (Wildman–Crippen LogP) is 14.5. The van der Waals surface area contributed by atoms with Crippen molar-refractivity contribution in [3.8, 4) is 56.1 Å². The molecule has 0 atom stereocenters. The third-order valence-corrected chi connectivity index (χ3v) is 13.4. The van der Waals surface area contributed by atoms with E-state index in [0.29, 0.717) is 17.6 Å². The molecule has 0 saturated heterocycles. The van der Waals surface area contributed by atoms with Crippen molar-refractivity contribution >= 4 is 75.9 Å². The second-order valence-electron chi connectivity index (χ2n) is 15.8. The zero-order valence-electron chi connectivity index (χ0n) is 33.7. The fourth-order valence-electron chi connectivity index (χ4n) is 9.43. The predicted molar refractivity (Wildman–Crippen MR) is 261 cm³/mol. The number of nitrogens with zero attached hydrogens (tertiary/aromatic N) is 6. The van der Waals surface area contributed by atoms with Crippen LogP contribution < -0.4 is 0 Å². The average Bonchev–Trinajstić information content (AvgIpc) is 4.05.